The first kappa shape index (κ1) is 16.7. The fraction of sp³-hybridized carbons (Fsp3) is 0.400. The van der Waals surface area contributed by atoms with Crippen LogP contribution in [0.15, 0.2) is 48.0 Å². The van der Waals surface area contributed by atoms with Crippen molar-refractivity contribution in [3.05, 3.63) is 53.4 Å². The number of carbonyl (C=O) groups is 1. The Morgan fingerprint density at radius 3 is 2.81 bits per heavy atom. The van der Waals surface area contributed by atoms with E-state index in [1.807, 2.05) is 30.5 Å². The molecule has 138 valence electrons. The summed E-state index contributed by atoms with van der Waals surface area (Å²) in [5.74, 6) is 0.646. The molecule has 1 aliphatic heterocycles. The number of halogens is 1. The first-order valence-corrected chi connectivity index (χ1v) is 9.48. The number of rotatable bonds is 5. The lowest BCUT2D eigenvalue weighted by atomic mass is 9.35. The van der Waals surface area contributed by atoms with Gasteiger partial charge in [-0.2, -0.15) is 5.10 Å². The lowest BCUT2D eigenvalue weighted by Gasteiger charge is -2.69. The van der Waals surface area contributed by atoms with Crippen molar-refractivity contribution in [2.45, 2.75) is 31.7 Å². The van der Waals surface area contributed by atoms with Gasteiger partial charge in [0.25, 0.3) is 0 Å². The second-order valence-corrected chi connectivity index (χ2v) is 8.27. The predicted molar refractivity (Wildman–Crippen MR) is 100 cm³/mol. The molecule has 27 heavy (non-hydrogen) atoms. The molecule has 7 heteroatoms. The van der Waals surface area contributed by atoms with Crippen LogP contribution in [-0.4, -0.2) is 33.7 Å². The van der Waals surface area contributed by atoms with E-state index in [2.05, 4.69) is 15.1 Å². The molecule has 0 saturated heterocycles. The maximum Gasteiger partial charge on any atom is 0.249 e. The fourth-order valence-corrected chi connectivity index (χ4v) is 5.08. The molecule has 3 aliphatic carbocycles. The molecular formula is C20H19ClN4O2. The molecule has 6 rings (SSSR count). The van der Waals surface area contributed by atoms with Gasteiger partial charge in [0.15, 0.2) is 0 Å². The summed E-state index contributed by atoms with van der Waals surface area (Å²) < 4.78 is 5.76. The summed E-state index contributed by atoms with van der Waals surface area (Å²) in [4.78, 5) is 21.3. The molecule has 0 radical (unpaired) electrons. The lowest BCUT2D eigenvalue weighted by Crippen LogP contribution is -2.69. The van der Waals surface area contributed by atoms with Crippen LogP contribution in [0.5, 0.6) is 5.88 Å². The third-order valence-electron chi connectivity index (χ3n) is 5.96. The summed E-state index contributed by atoms with van der Waals surface area (Å²) in [6.07, 6.45) is 9.90. The van der Waals surface area contributed by atoms with Crippen molar-refractivity contribution in [1.29, 1.82) is 0 Å². The van der Waals surface area contributed by atoms with E-state index in [-0.39, 0.29) is 22.8 Å². The van der Waals surface area contributed by atoms with Gasteiger partial charge in [0.1, 0.15) is 0 Å². The molecule has 4 aliphatic rings. The minimum Gasteiger partial charge on any atom is -0.476 e. The molecule has 1 unspecified atom stereocenters. The molecule has 3 fully saturated rings. The summed E-state index contributed by atoms with van der Waals surface area (Å²) in [5, 5.41) is 6.70. The van der Waals surface area contributed by atoms with Crippen molar-refractivity contribution in [2.75, 3.05) is 6.61 Å². The SMILES string of the molecule is O=C(N1N=CCC1c1ccccc1Cl)C12CC(COc3cnccn3)(C1)C2. The molecule has 2 aromatic rings. The molecule has 1 atom stereocenters. The second kappa shape index (κ2) is 6.02. The van der Waals surface area contributed by atoms with Gasteiger partial charge in [-0.25, -0.2) is 9.99 Å². The van der Waals surface area contributed by atoms with Crippen molar-refractivity contribution in [2.24, 2.45) is 15.9 Å². The number of hydrogen-bond donors (Lipinski definition) is 0. The van der Waals surface area contributed by atoms with Crippen LogP contribution in [0, 0.1) is 10.8 Å². The van der Waals surface area contributed by atoms with Crippen LogP contribution in [-0.2, 0) is 4.79 Å². The van der Waals surface area contributed by atoms with E-state index in [0.29, 0.717) is 23.9 Å². The van der Waals surface area contributed by atoms with Crippen molar-refractivity contribution in [3.63, 3.8) is 0 Å². The van der Waals surface area contributed by atoms with Gasteiger partial charge in [-0.15, -0.1) is 0 Å². The Morgan fingerprint density at radius 2 is 2.07 bits per heavy atom. The summed E-state index contributed by atoms with van der Waals surface area (Å²) >= 11 is 6.35. The average molecular weight is 383 g/mol. The number of ether oxygens (including phenoxy) is 1. The van der Waals surface area contributed by atoms with E-state index in [1.54, 1.807) is 23.6 Å². The monoisotopic (exact) mass is 382 g/mol. The smallest absolute Gasteiger partial charge is 0.249 e. The molecular weight excluding hydrogens is 364 g/mol. The van der Waals surface area contributed by atoms with E-state index in [0.717, 1.165) is 24.8 Å². The van der Waals surface area contributed by atoms with Crippen LogP contribution in [0.3, 0.4) is 0 Å². The highest BCUT2D eigenvalue weighted by Crippen LogP contribution is 2.74. The van der Waals surface area contributed by atoms with Gasteiger partial charge in [-0.1, -0.05) is 29.8 Å². The van der Waals surface area contributed by atoms with Crippen molar-refractivity contribution in [1.82, 2.24) is 15.0 Å². The molecule has 1 amide bonds. The average Bonchev–Trinajstić information content (AvgIpc) is 3.10. The molecule has 2 bridgehead atoms. The Labute approximate surface area is 162 Å². The maximum absolute atomic E-state index is 13.2. The van der Waals surface area contributed by atoms with Crippen molar-refractivity contribution < 1.29 is 9.53 Å². The van der Waals surface area contributed by atoms with Gasteiger partial charge >= 0.3 is 0 Å². The summed E-state index contributed by atoms with van der Waals surface area (Å²) in [5.41, 5.74) is 0.765. The van der Waals surface area contributed by atoms with Crippen LogP contribution >= 0.6 is 11.6 Å². The minimum atomic E-state index is -0.285. The zero-order valence-corrected chi connectivity index (χ0v) is 15.5. The number of amides is 1. The van der Waals surface area contributed by atoms with Gasteiger partial charge in [-0.05, 0) is 30.9 Å². The topological polar surface area (TPSA) is 67.7 Å². The maximum atomic E-state index is 13.2. The number of benzene rings is 1. The largest absolute Gasteiger partial charge is 0.476 e. The highest BCUT2D eigenvalue weighted by molar-refractivity contribution is 6.31. The zero-order chi connectivity index (χ0) is 18.5. The quantitative estimate of drug-likeness (QED) is 0.791. The molecule has 6 nitrogen and oxygen atoms in total. The predicted octanol–water partition coefficient (Wildman–Crippen LogP) is 3.64. The van der Waals surface area contributed by atoms with Gasteiger partial charge in [0.05, 0.1) is 24.3 Å². The van der Waals surface area contributed by atoms with Crippen LogP contribution in [0.25, 0.3) is 0 Å². The van der Waals surface area contributed by atoms with E-state index >= 15 is 0 Å². The van der Waals surface area contributed by atoms with Gasteiger partial charge < -0.3 is 4.74 Å². The molecule has 0 spiro atoms. The lowest BCUT2D eigenvalue weighted by molar-refractivity contribution is -0.227. The van der Waals surface area contributed by atoms with Crippen LogP contribution in [0.4, 0.5) is 0 Å². The highest BCUT2D eigenvalue weighted by atomic mass is 35.5. The number of hydrazone groups is 1. The van der Waals surface area contributed by atoms with E-state index in [1.165, 1.54) is 0 Å². The van der Waals surface area contributed by atoms with Crippen LogP contribution in [0.1, 0.15) is 37.3 Å². The summed E-state index contributed by atoms with van der Waals surface area (Å²) in [6, 6.07) is 7.57. The molecule has 0 N–H and O–H groups in total. The Morgan fingerprint density at radius 1 is 1.26 bits per heavy atom. The Hall–Kier alpha value is -2.47. The summed E-state index contributed by atoms with van der Waals surface area (Å²) in [6.45, 7) is 0.581. The van der Waals surface area contributed by atoms with Gasteiger partial charge in [0.2, 0.25) is 11.8 Å². The molecule has 1 aromatic carbocycles. The minimum absolute atomic E-state index is 0.0938. The number of carbonyl (C=O) groups excluding carboxylic acids is 1. The first-order chi connectivity index (χ1) is 13.1. The zero-order valence-electron chi connectivity index (χ0n) is 14.7. The van der Waals surface area contributed by atoms with Gasteiger partial charge in [-0.3, -0.25) is 9.78 Å². The Kier molecular flexibility index (Phi) is 3.72. The molecule has 2 heterocycles. The molecule has 1 aromatic heterocycles. The number of aromatic nitrogens is 2. The van der Waals surface area contributed by atoms with Crippen molar-refractivity contribution in [3.8, 4) is 5.88 Å². The first-order valence-electron chi connectivity index (χ1n) is 9.10. The van der Waals surface area contributed by atoms with Crippen LogP contribution < -0.4 is 4.74 Å². The molecule has 3 saturated carbocycles. The van der Waals surface area contributed by atoms with Crippen LogP contribution in [0.2, 0.25) is 5.02 Å². The highest BCUT2D eigenvalue weighted by Gasteiger charge is 2.73. The van der Waals surface area contributed by atoms with E-state index < -0.39 is 0 Å². The number of hydrogen-bond acceptors (Lipinski definition) is 5. The van der Waals surface area contributed by atoms with Gasteiger partial charge in [0, 0.05) is 35.5 Å². The normalized spacial score (nSPS) is 30.6. The fourth-order valence-electron chi connectivity index (χ4n) is 4.82. The van der Waals surface area contributed by atoms with E-state index in [9.17, 15) is 4.79 Å². The standard InChI is InChI=1S/C20H19ClN4O2/c21-15-4-2-1-3-14(15)16-5-6-24-25(16)18(26)20-10-19(11-20,12-20)13-27-17-9-22-7-8-23-17/h1-4,6-9,16H,5,10-13H2. The third kappa shape index (κ3) is 2.62. The Balaban J connectivity index is 1.24. The second-order valence-electron chi connectivity index (χ2n) is 7.86. The van der Waals surface area contributed by atoms with Crippen molar-refractivity contribution >= 4 is 23.7 Å². The third-order valence-corrected chi connectivity index (χ3v) is 6.31. The Bertz CT molecular complexity index is 897. The summed E-state index contributed by atoms with van der Waals surface area (Å²) in [7, 11) is 0. The van der Waals surface area contributed by atoms with E-state index in [4.69, 9.17) is 16.3 Å². The number of nitrogens with zero attached hydrogens (tertiary/aromatic N) is 4.